The number of aliphatic hydroxyl groups excluding tert-OH is 1. The highest BCUT2D eigenvalue weighted by Crippen LogP contribution is 2.25. The molecule has 0 bridgehead atoms. The predicted molar refractivity (Wildman–Crippen MR) is 53.3 cm³/mol. The van der Waals surface area contributed by atoms with Crippen LogP contribution in [0.15, 0.2) is 24.3 Å². The summed E-state index contributed by atoms with van der Waals surface area (Å²) in [5.41, 5.74) is 0.529. The van der Waals surface area contributed by atoms with Crippen molar-refractivity contribution in [2.24, 2.45) is 0 Å². The number of rotatable bonds is 4. The summed E-state index contributed by atoms with van der Waals surface area (Å²) in [6.07, 6.45) is -1.09. The lowest BCUT2D eigenvalue weighted by atomic mass is 10.1. The second kappa shape index (κ2) is 4.77. The van der Waals surface area contributed by atoms with Crippen LogP contribution in [0.1, 0.15) is 25.5 Å². The first-order valence-electron chi connectivity index (χ1n) is 4.57. The first-order chi connectivity index (χ1) is 6.66. The van der Waals surface area contributed by atoms with Crippen LogP contribution in [0.5, 0.6) is 5.75 Å². The molecule has 1 unspecified atom stereocenters. The van der Waals surface area contributed by atoms with Crippen molar-refractivity contribution >= 4 is 5.78 Å². The summed E-state index contributed by atoms with van der Waals surface area (Å²) in [5, 5.41) is 9.58. The monoisotopic (exact) mass is 194 g/mol. The first kappa shape index (κ1) is 10.7. The molecule has 1 rings (SSSR count). The molecule has 1 aromatic carbocycles. The normalized spacial score (nSPS) is 12.2. The van der Waals surface area contributed by atoms with Crippen LogP contribution in [0.25, 0.3) is 0 Å². The van der Waals surface area contributed by atoms with E-state index in [1.807, 2.05) is 6.92 Å². The fourth-order valence-corrected chi connectivity index (χ4v) is 1.21. The van der Waals surface area contributed by atoms with Crippen molar-refractivity contribution in [1.29, 1.82) is 0 Å². The van der Waals surface area contributed by atoms with Crippen molar-refractivity contribution in [1.82, 2.24) is 0 Å². The van der Waals surface area contributed by atoms with Crippen LogP contribution < -0.4 is 4.74 Å². The van der Waals surface area contributed by atoms with Gasteiger partial charge in [0.15, 0.2) is 5.78 Å². The highest BCUT2D eigenvalue weighted by Gasteiger charge is 2.16. The smallest absolute Gasteiger partial charge is 0.162 e. The van der Waals surface area contributed by atoms with E-state index in [2.05, 4.69) is 0 Å². The van der Waals surface area contributed by atoms with Gasteiger partial charge in [0, 0.05) is 5.56 Å². The fourth-order valence-electron chi connectivity index (χ4n) is 1.21. The molecular formula is C11H14O3. The molecule has 0 aliphatic rings. The topological polar surface area (TPSA) is 46.5 Å². The van der Waals surface area contributed by atoms with Gasteiger partial charge >= 0.3 is 0 Å². The van der Waals surface area contributed by atoms with Gasteiger partial charge in [-0.1, -0.05) is 18.2 Å². The Morgan fingerprint density at radius 3 is 2.71 bits per heavy atom. The number of ether oxygens (including phenoxy) is 1. The summed E-state index contributed by atoms with van der Waals surface area (Å²) in [7, 11) is 0. The number of aliphatic hydroxyl groups is 1. The Morgan fingerprint density at radius 1 is 1.50 bits per heavy atom. The van der Waals surface area contributed by atoms with Crippen molar-refractivity contribution in [3.8, 4) is 5.75 Å². The van der Waals surface area contributed by atoms with Gasteiger partial charge in [-0.3, -0.25) is 4.79 Å². The Bertz CT molecular complexity index is 320. The molecule has 3 heteroatoms. The molecule has 14 heavy (non-hydrogen) atoms. The van der Waals surface area contributed by atoms with E-state index in [0.717, 1.165) is 0 Å². The molecule has 0 aliphatic carbocycles. The molecule has 0 spiro atoms. The zero-order chi connectivity index (χ0) is 10.6. The van der Waals surface area contributed by atoms with Gasteiger partial charge in [0.25, 0.3) is 0 Å². The lowest BCUT2D eigenvalue weighted by molar-refractivity contribution is -0.125. The maximum absolute atomic E-state index is 11.0. The second-order valence-electron chi connectivity index (χ2n) is 2.98. The van der Waals surface area contributed by atoms with Crippen molar-refractivity contribution in [3.63, 3.8) is 0 Å². The molecule has 0 heterocycles. The number of hydrogen-bond donors (Lipinski definition) is 1. The third-order valence-corrected chi connectivity index (χ3v) is 1.90. The van der Waals surface area contributed by atoms with Crippen molar-refractivity contribution in [3.05, 3.63) is 29.8 Å². The highest BCUT2D eigenvalue weighted by molar-refractivity contribution is 5.82. The summed E-state index contributed by atoms with van der Waals surface area (Å²) in [4.78, 5) is 11.0. The fraction of sp³-hybridized carbons (Fsp3) is 0.364. The lowest BCUT2D eigenvalue weighted by Gasteiger charge is -2.12. The van der Waals surface area contributed by atoms with Gasteiger partial charge in [-0.05, 0) is 19.9 Å². The minimum atomic E-state index is -1.09. The zero-order valence-electron chi connectivity index (χ0n) is 8.36. The third-order valence-electron chi connectivity index (χ3n) is 1.90. The van der Waals surface area contributed by atoms with Crippen LogP contribution in [0.2, 0.25) is 0 Å². The lowest BCUT2D eigenvalue weighted by Crippen LogP contribution is -2.09. The van der Waals surface area contributed by atoms with Gasteiger partial charge in [-0.2, -0.15) is 0 Å². The molecule has 0 aliphatic heterocycles. The zero-order valence-corrected chi connectivity index (χ0v) is 8.36. The number of hydrogen-bond acceptors (Lipinski definition) is 3. The third kappa shape index (κ3) is 2.33. The molecule has 76 valence electrons. The van der Waals surface area contributed by atoms with Crippen LogP contribution in [-0.4, -0.2) is 17.5 Å². The molecule has 1 N–H and O–H groups in total. The molecule has 0 saturated heterocycles. The Balaban J connectivity index is 3.00. The van der Waals surface area contributed by atoms with Crippen LogP contribution in [-0.2, 0) is 4.79 Å². The van der Waals surface area contributed by atoms with Crippen molar-refractivity contribution in [2.45, 2.75) is 20.0 Å². The van der Waals surface area contributed by atoms with Gasteiger partial charge < -0.3 is 9.84 Å². The second-order valence-corrected chi connectivity index (χ2v) is 2.98. The molecule has 3 nitrogen and oxygen atoms in total. The minimum Gasteiger partial charge on any atom is -0.493 e. The number of Topliss-reactive ketones (excluding diaryl/α,β-unsaturated/α-hetero) is 1. The van der Waals surface area contributed by atoms with Crippen LogP contribution in [0, 0.1) is 0 Å². The molecule has 1 aromatic rings. The van der Waals surface area contributed by atoms with E-state index in [-0.39, 0.29) is 5.78 Å². The van der Waals surface area contributed by atoms with Crippen LogP contribution in [0.3, 0.4) is 0 Å². The summed E-state index contributed by atoms with van der Waals surface area (Å²) < 4.78 is 5.30. The number of ketones is 1. The molecule has 0 saturated carbocycles. The van der Waals surface area contributed by atoms with Crippen molar-refractivity contribution < 1.29 is 14.6 Å². The van der Waals surface area contributed by atoms with E-state index in [1.165, 1.54) is 6.92 Å². The average molecular weight is 194 g/mol. The van der Waals surface area contributed by atoms with E-state index in [0.29, 0.717) is 17.9 Å². The van der Waals surface area contributed by atoms with Crippen LogP contribution >= 0.6 is 0 Å². The molecule has 0 aromatic heterocycles. The van der Waals surface area contributed by atoms with Gasteiger partial charge in [0.05, 0.1) is 6.61 Å². The standard InChI is InChI=1S/C11H14O3/c1-3-14-10-7-5-4-6-9(10)11(13)8(2)12/h4-7,11,13H,3H2,1-2H3. The Kier molecular flexibility index (Phi) is 3.65. The van der Waals surface area contributed by atoms with E-state index in [1.54, 1.807) is 24.3 Å². The quantitative estimate of drug-likeness (QED) is 0.793. The molecule has 0 fully saturated rings. The first-order valence-corrected chi connectivity index (χ1v) is 4.57. The van der Waals surface area contributed by atoms with Gasteiger partial charge in [-0.15, -0.1) is 0 Å². The van der Waals surface area contributed by atoms with Gasteiger partial charge in [0.1, 0.15) is 11.9 Å². The Morgan fingerprint density at radius 2 is 2.14 bits per heavy atom. The van der Waals surface area contributed by atoms with E-state index >= 15 is 0 Å². The number of benzene rings is 1. The highest BCUT2D eigenvalue weighted by atomic mass is 16.5. The van der Waals surface area contributed by atoms with Gasteiger partial charge in [-0.25, -0.2) is 0 Å². The number of carbonyl (C=O) groups excluding carboxylic acids is 1. The summed E-state index contributed by atoms with van der Waals surface area (Å²) >= 11 is 0. The van der Waals surface area contributed by atoms with Gasteiger partial charge in [0.2, 0.25) is 0 Å². The van der Waals surface area contributed by atoms with E-state index < -0.39 is 6.10 Å². The average Bonchev–Trinajstić information content (AvgIpc) is 2.18. The molecule has 0 amide bonds. The molecule has 0 radical (unpaired) electrons. The summed E-state index contributed by atoms with van der Waals surface area (Å²) in [6.45, 7) is 3.73. The van der Waals surface area contributed by atoms with Crippen LogP contribution in [0.4, 0.5) is 0 Å². The maximum Gasteiger partial charge on any atom is 0.162 e. The Hall–Kier alpha value is -1.35. The SMILES string of the molecule is CCOc1ccccc1C(O)C(C)=O. The predicted octanol–water partition coefficient (Wildman–Crippen LogP) is 1.71. The van der Waals surface area contributed by atoms with Crippen molar-refractivity contribution in [2.75, 3.05) is 6.61 Å². The van der Waals surface area contributed by atoms with E-state index in [9.17, 15) is 9.90 Å². The number of carbonyl (C=O) groups is 1. The summed E-state index contributed by atoms with van der Waals surface area (Å²) in [6, 6.07) is 7.01. The Labute approximate surface area is 83.3 Å². The number of para-hydroxylation sites is 1. The minimum absolute atomic E-state index is 0.280. The maximum atomic E-state index is 11.0. The van der Waals surface area contributed by atoms with E-state index in [4.69, 9.17) is 4.74 Å². The largest absolute Gasteiger partial charge is 0.493 e. The molecular weight excluding hydrogens is 180 g/mol. The molecule has 1 atom stereocenters. The summed E-state index contributed by atoms with van der Waals surface area (Å²) in [5.74, 6) is 0.287.